The van der Waals surface area contributed by atoms with Crippen LogP contribution < -0.4 is 5.32 Å². The number of amides is 1. The number of aromatic nitrogens is 1. The number of carbonyl (C=O) groups excluding carboxylic acids is 1. The number of nitrogens with zero attached hydrogens (tertiary/aromatic N) is 2. The summed E-state index contributed by atoms with van der Waals surface area (Å²) in [5.41, 5.74) is 1.74. The molecule has 3 heterocycles. The smallest absolute Gasteiger partial charge is 0.252 e. The average molecular weight is 273 g/mol. The van der Waals surface area contributed by atoms with Crippen molar-refractivity contribution in [3.8, 4) is 0 Å². The Morgan fingerprint density at radius 3 is 2.95 bits per heavy atom. The van der Waals surface area contributed by atoms with Gasteiger partial charge in [0.05, 0.1) is 18.8 Å². The minimum atomic E-state index is -0.0121. The van der Waals surface area contributed by atoms with Gasteiger partial charge in [0.15, 0.2) is 0 Å². The summed E-state index contributed by atoms with van der Waals surface area (Å²) in [7, 11) is 0. The first-order chi connectivity index (χ1) is 9.83. The second-order valence-electron chi connectivity index (χ2n) is 4.97. The van der Waals surface area contributed by atoms with Crippen LogP contribution in [0.15, 0.2) is 36.7 Å². The molecule has 1 saturated heterocycles. The molecular weight excluding hydrogens is 254 g/mol. The van der Waals surface area contributed by atoms with E-state index < -0.39 is 0 Å². The lowest BCUT2D eigenvalue weighted by Crippen LogP contribution is -2.41. The standard InChI is InChI=1S/C15H19N3O2/c19-15(16-4-6-17-7-9-20-10-8-17)13-11-14-3-1-2-5-18(14)12-13/h1-3,5,11-12H,4,6-10H2,(H,16,19). The van der Waals surface area contributed by atoms with Gasteiger partial charge in [-0.25, -0.2) is 0 Å². The molecule has 1 amide bonds. The van der Waals surface area contributed by atoms with Gasteiger partial charge in [0.2, 0.25) is 0 Å². The van der Waals surface area contributed by atoms with Gasteiger partial charge >= 0.3 is 0 Å². The summed E-state index contributed by atoms with van der Waals surface area (Å²) in [6.07, 6.45) is 3.80. The molecule has 0 aromatic carbocycles. The number of hydrogen-bond acceptors (Lipinski definition) is 3. The van der Waals surface area contributed by atoms with Crippen LogP contribution >= 0.6 is 0 Å². The van der Waals surface area contributed by atoms with E-state index in [1.165, 1.54) is 0 Å². The number of fused-ring (bicyclic) bond motifs is 1. The highest BCUT2D eigenvalue weighted by molar-refractivity contribution is 5.95. The molecule has 2 aromatic rings. The SMILES string of the molecule is O=C(NCCN1CCOCC1)c1cc2ccccn2c1. The molecular formula is C15H19N3O2. The lowest BCUT2D eigenvalue weighted by atomic mass is 10.3. The van der Waals surface area contributed by atoms with Crippen molar-refractivity contribution in [1.29, 1.82) is 0 Å². The zero-order chi connectivity index (χ0) is 13.8. The summed E-state index contributed by atoms with van der Waals surface area (Å²) in [5, 5.41) is 2.97. The van der Waals surface area contributed by atoms with E-state index in [2.05, 4.69) is 10.2 Å². The molecule has 2 aromatic heterocycles. The van der Waals surface area contributed by atoms with Gasteiger partial charge in [-0.05, 0) is 18.2 Å². The third-order valence-corrected chi connectivity index (χ3v) is 3.58. The van der Waals surface area contributed by atoms with Crippen LogP contribution in [0.25, 0.3) is 5.52 Å². The summed E-state index contributed by atoms with van der Waals surface area (Å²) < 4.78 is 7.25. The van der Waals surface area contributed by atoms with Crippen molar-refractivity contribution in [2.24, 2.45) is 0 Å². The quantitative estimate of drug-likeness (QED) is 0.904. The molecule has 0 atom stereocenters. The van der Waals surface area contributed by atoms with Gasteiger partial charge in [0, 0.05) is 44.1 Å². The average Bonchev–Trinajstić information content (AvgIpc) is 2.92. The van der Waals surface area contributed by atoms with Gasteiger partial charge < -0.3 is 14.5 Å². The monoisotopic (exact) mass is 273 g/mol. The Kier molecular flexibility index (Phi) is 3.99. The van der Waals surface area contributed by atoms with E-state index in [9.17, 15) is 4.79 Å². The molecule has 1 aliphatic heterocycles. The van der Waals surface area contributed by atoms with Gasteiger partial charge in [0.25, 0.3) is 5.91 Å². The zero-order valence-corrected chi connectivity index (χ0v) is 11.4. The molecule has 106 valence electrons. The van der Waals surface area contributed by atoms with Crippen LogP contribution in [0.2, 0.25) is 0 Å². The second-order valence-corrected chi connectivity index (χ2v) is 4.97. The van der Waals surface area contributed by atoms with Gasteiger partial charge in [-0.2, -0.15) is 0 Å². The molecule has 0 saturated carbocycles. The van der Waals surface area contributed by atoms with Crippen LogP contribution in [0.1, 0.15) is 10.4 Å². The first kappa shape index (κ1) is 13.1. The van der Waals surface area contributed by atoms with Crippen molar-refractivity contribution in [3.63, 3.8) is 0 Å². The Morgan fingerprint density at radius 1 is 1.30 bits per heavy atom. The number of morpholine rings is 1. The summed E-state index contributed by atoms with van der Waals surface area (Å²) >= 11 is 0. The number of nitrogens with one attached hydrogen (secondary N) is 1. The van der Waals surface area contributed by atoms with Gasteiger partial charge in [0.1, 0.15) is 0 Å². The molecule has 5 heteroatoms. The van der Waals surface area contributed by atoms with E-state index in [1.807, 2.05) is 41.1 Å². The van der Waals surface area contributed by atoms with Crippen molar-refractivity contribution in [2.45, 2.75) is 0 Å². The highest BCUT2D eigenvalue weighted by Crippen LogP contribution is 2.09. The van der Waals surface area contributed by atoms with Crippen LogP contribution in [-0.2, 0) is 4.74 Å². The third kappa shape index (κ3) is 3.00. The predicted molar refractivity (Wildman–Crippen MR) is 77.0 cm³/mol. The first-order valence-corrected chi connectivity index (χ1v) is 6.98. The number of pyridine rings is 1. The fraction of sp³-hybridized carbons (Fsp3) is 0.400. The Balaban J connectivity index is 1.53. The van der Waals surface area contributed by atoms with Crippen molar-refractivity contribution in [3.05, 3.63) is 42.2 Å². The fourth-order valence-electron chi connectivity index (χ4n) is 2.43. The third-order valence-electron chi connectivity index (χ3n) is 3.58. The van der Waals surface area contributed by atoms with Gasteiger partial charge in [-0.1, -0.05) is 6.07 Å². The Bertz CT molecular complexity index is 555. The van der Waals surface area contributed by atoms with E-state index in [-0.39, 0.29) is 5.91 Å². The maximum Gasteiger partial charge on any atom is 0.252 e. The highest BCUT2D eigenvalue weighted by Gasteiger charge is 2.11. The Morgan fingerprint density at radius 2 is 2.15 bits per heavy atom. The summed E-state index contributed by atoms with van der Waals surface area (Å²) in [5.74, 6) is -0.0121. The number of carbonyl (C=O) groups is 1. The molecule has 1 N–H and O–H groups in total. The van der Waals surface area contributed by atoms with Gasteiger partial charge in [-0.15, -0.1) is 0 Å². The number of ether oxygens (including phenoxy) is 1. The molecule has 0 unspecified atom stereocenters. The van der Waals surface area contributed by atoms with Crippen molar-refractivity contribution in [2.75, 3.05) is 39.4 Å². The fourth-order valence-corrected chi connectivity index (χ4v) is 2.43. The molecule has 20 heavy (non-hydrogen) atoms. The first-order valence-electron chi connectivity index (χ1n) is 6.98. The number of hydrogen-bond donors (Lipinski definition) is 1. The topological polar surface area (TPSA) is 46.0 Å². The van der Waals surface area contributed by atoms with E-state index in [1.54, 1.807) is 0 Å². The lowest BCUT2D eigenvalue weighted by Gasteiger charge is -2.26. The summed E-state index contributed by atoms with van der Waals surface area (Å²) in [6.45, 7) is 5.03. The van der Waals surface area contributed by atoms with Crippen LogP contribution in [0, 0.1) is 0 Å². The van der Waals surface area contributed by atoms with Crippen molar-refractivity contribution < 1.29 is 9.53 Å². The van der Waals surface area contributed by atoms with Crippen LogP contribution in [0.5, 0.6) is 0 Å². The minimum Gasteiger partial charge on any atom is -0.379 e. The van der Waals surface area contributed by atoms with E-state index in [4.69, 9.17) is 4.74 Å². The highest BCUT2D eigenvalue weighted by atomic mass is 16.5. The van der Waals surface area contributed by atoms with E-state index in [0.29, 0.717) is 12.1 Å². The maximum atomic E-state index is 12.1. The van der Waals surface area contributed by atoms with Crippen molar-refractivity contribution >= 4 is 11.4 Å². The molecule has 0 bridgehead atoms. The van der Waals surface area contributed by atoms with Crippen LogP contribution in [0.3, 0.4) is 0 Å². The molecule has 3 rings (SSSR count). The molecule has 0 radical (unpaired) electrons. The summed E-state index contributed by atoms with van der Waals surface area (Å²) in [4.78, 5) is 14.4. The molecule has 1 aliphatic rings. The molecule has 1 fully saturated rings. The maximum absolute atomic E-state index is 12.1. The summed E-state index contributed by atoms with van der Waals surface area (Å²) in [6, 6.07) is 7.82. The predicted octanol–water partition coefficient (Wildman–Crippen LogP) is 1.00. The van der Waals surface area contributed by atoms with E-state index >= 15 is 0 Å². The molecule has 5 nitrogen and oxygen atoms in total. The van der Waals surface area contributed by atoms with E-state index in [0.717, 1.165) is 38.4 Å². The Hall–Kier alpha value is -1.85. The molecule has 0 spiro atoms. The second kappa shape index (κ2) is 6.07. The van der Waals surface area contributed by atoms with Crippen molar-refractivity contribution in [1.82, 2.24) is 14.6 Å². The van der Waals surface area contributed by atoms with Crippen LogP contribution in [-0.4, -0.2) is 54.6 Å². The number of rotatable bonds is 4. The lowest BCUT2D eigenvalue weighted by molar-refractivity contribution is 0.0383. The zero-order valence-electron chi connectivity index (χ0n) is 11.4. The Labute approximate surface area is 118 Å². The molecule has 0 aliphatic carbocycles. The largest absolute Gasteiger partial charge is 0.379 e. The van der Waals surface area contributed by atoms with Gasteiger partial charge in [-0.3, -0.25) is 9.69 Å². The normalized spacial score (nSPS) is 16.4. The van der Waals surface area contributed by atoms with Crippen LogP contribution in [0.4, 0.5) is 0 Å². The minimum absolute atomic E-state index is 0.0121.